The van der Waals surface area contributed by atoms with Crippen LogP contribution in [0.1, 0.15) is 35.7 Å². The molecule has 2 nitrogen and oxygen atoms in total. The fourth-order valence-electron chi connectivity index (χ4n) is 2.07. The summed E-state index contributed by atoms with van der Waals surface area (Å²) in [7, 11) is 1.61. The Labute approximate surface area is 96.6 Å². The van der Waals surface area contributed by atoms with Crippen LogP contribution in [-0.2, 0) is 0 Å². The van der Waals surface area contributed by atoms with Gasteiger partial charge in [0, 0.05) is 5.92 Å². The maximum absolute atomic E-state index is 12.3. The molecular formula is C14H18O2. The molecule has 0 N–H and O–H groups in total. The zero-order chi connectivity index (χ0) is 11.7. The normalized spacial score (nSPS) is 16.9. The maximum atomic E-state index is 12.3. The predicted molar refractivity (Wildman–Crippen MR) is 63.9 cm³/mol. The first kappa shape index (κ1) is 11.2. The van der Waals surface area contributed by atoms with Crippen molar-refractivity contribution in [1.82, 2.24) is 0 Å². The number of hydrogen-bond acceptors (Lipinski definition) is 2. The van der Waals surface area contributed by atoms with Crippen molar-refractivity contribution < 1.29 is 9.53 Å². The van der Waals surface area contributed by atoms with E-state index in [0.29, 0.717) is 11.7 Å². The second-order valence-corrected chi connectivity index (χ2v) is 4.69. The number of carbonyl (C=O) groups is 1. The summed E-state index contributed by atoms with van der Waals surface area (Å²) in [5.41, 5.74) is 1.84. The first-order valence-electron chi connectivity index (χ1n) is 5.82. The van der Waals surface area contributed by atoms with Crippen LogP contribution in [-0.4, -0.2) is 12.9 Å². The van der Waals surface area contributed by atoms with Crippen LogP contribution >= 0.6 is 0 Å². The average molecular weight is 218 g/mol. The van der Waals surface area contributed by atoms with Crippen molar-refractivity contribution in [3.05, 3.63) is 29.3 Å². The highest BCUT2D eigenvalue weighted by Crippen LogP contribution is 2.39. The minimum atomic E-state index is 0.135. The van der Waals surface area contributed by atoms with E-state index in [1.54, 1.807) is 7.11 Å². The van der Waals surface area contributed by atoms with Crippen molar-refractivity contribution in [3.8, 4) is 5.75 Å². The molecule has 1 fully saturated rings. The fourth-order valence-corrected chi connectivity index (χ4v) is 2.07. The van der Waals surface area contributed by atoms with Gasteiger partial charge in [0.2, 0.25) is 0 Å². The zero-order valence-electron chi connectivity index (χ0n) is 10.1. The van der Waals surface area contributed by atoms with Crippen LogP contribution in [0, 0.1) is 18.8 Å². The third kappa shape index (κ3) is 2.11. The van der Waals surface area contributed by atoms with Crippen molar-refractivity contribution in [3.63, 3.8) is 0 Å². The van der Waals surface area contributed by atoms with Crippen molar-refractivity contribution in [2.75, 3.05) is 7.11 Å². The van der Waals surface area contributed by atoms with Gasteiger partial charge >= 0.3 is 0 Å². The molecule has 1 aliphatic rings. The Morgan fingerprint density at radius 1 is 1.44 bits per heavy atom. The van der Waals surface area contributed by atoms with Crippen molar-refractivity contribution in [1.29, 1.82) is 0 Å². The van der Waals surface area contributed by atoms with Gasteiger partial charge in [0.05, 0.1) is 12.7 Å². The van der Waals surface area contributed by atoms with Crippen molar-refractivity contribution >= 4 is 5.78 Å². The number of rotatable bonds is 4. The summed E-state index contributed by atoms with van der Waals surface area (Å²) < 4.78 is 5.25. The lowest BCUT2D eigenvalue weighted by Gasteiger charge is -2.13. The van der Waals surface area contributed by atoms with E-state index in [-0.39, 0.29) is 11.7 Å². The summed E-state index contributed by atoms with van der Waals surface area (Å²) in [6, 6.07) is 5.78. The van der Waals surface area contributed by atoms with Crippen LogP contribution in [0.3, 0.4) is 0 Å². The fraction of sp³-hybridized carbons (Fsp3) is 0.500. The summed E-state index contributed by atoms with van der Waals surface area (Å²) in [5, 5.41) is 0. The summed E-state index contributed by atoms with van der Waals surface area (Å²) in [4.78, 5) is 12.3. The summed E-state index contributed by atoms with van der Waals surface area (Å²) in [5.74, 6) is 1.65. The Kier molecular flexibility index (Phi) is 2.99. The van der Waals surface area contributed by atoms with Gasteiger partial charge in [-0.05, 0) is 37.8 Å². The third-order valence-electron chi connectivity index (χ3n) is 3.36. The molecule has 1 saturated carbocycles. The van der Waals surface area contributed by atoms with E-state index in [4.69, 9.17) is 4.74 Å². The number of aryl methyl sites for hydroxylation is 1. The molecule has 0 heterocycles. The summed E-state index contributed by atoms with van der Waals surface area (Å²) >= 11 is 0. The van der Waals surface area contributed by atoms with Crippen LogP contribution in [0.2, 0.25) is 0 Å². The molecule has 0 amide bonds. The van der Waals surface area contributed by atoms with Crippen LogP contribution in [0.25, 0.3) is 0 Å². The van der Waals surface area contributed by atoms with Gasteiger partial charge in [0.1, 0.15) is 5.75 Å². The topological polar surface area (TPSA) is 26.3 Å². The highest BCUT2D eigenvalue weighted by molar-refractivity contribution is 6.00. The molecule has 0 radical (unpaired) electrons. The monoisotopic (exact) mass is 218 g/mol. The molecular weight excluding hydrogens is 200 g/mol. The first-order valence-corrected chi connectivity index (χ1v) is 5.82. The third-order valence-corrected chi connectivity index (χ3v) is 3.36. The molecule has 2 rings (SSSR count). The van der Waals surface area contributed by atoms with E-state index in [0.717, 1.165) is 11.1 Å². The largest absolute Gasteiger partial charge is 0.496 e. The molecule has 0 saturated heterocycles. The molecule has 1 aromatic rings. The van der Waals surface area contributed by atoms with Crippen LogP contribution in [0.5, 0.6) is 5.75 Å². The van der Waals surface area contributed by atoms with Crippen LogP contribution in [0.4, 0.5) is 0 Å². The number of Topliss-reactive ketones (excluding diaryl/α,β-unsaturated/α-hetero) is 1. The SMILES string of the molecule is COc1ccc(C)cc1C(=O)C(C)C1CC1. The molecule has 1 atom stereocenters. The molecule has 0 bridgehead atoms. The quantitative estimate of drug-likeness (QED) is 0.725. The minimum absolute atomic E-state index is 0.135. The van der Waals surface area contributed by atoms with E-state index in [9.17, 15) is 4.79 Å². The lowest BCUT2D eigenvalue weighted by molar-refractivity contribution is 0.0913. The number of methoxy groups -OCH3 is 1. The summed E-state index contributed by atoms with van der Waals surface area (Å²) in [6.45, 7) is 4.03. The van der Waals surface area contributed by atoms with Gasteiger partial charge in [-0.25, -0.2) is 0 Å². The van der Waals surface area contributed by atoms with E-state index in [1.807, 2.05) is 32.0 Å². The molecule has 2 heteroatoms. The second-order valence-electron chi connectivity index (χ2n) is 4.69. The zero-order valence-corrected chi connectivity index (χ0v) is 10.1. The molecule has 16 heavy (non-hydrogen) atoms. The van der Waals surface area contributed by atoms with Crippen LogP contribution in [0.15, 0.2) is 18.2 Å². The minimum Gasteiger partial charge on any atom is -0.496 e. The molecule has 0 aromatic heterocycles. The van der Waals surface area contributed by atoms with E-state index < -0.39 is 0 Å². The van der Waals surface area contributed by atoms with Gasteiger partial charge in [-0.1, -0.05) is 18.6 Å². The number of carbonyl (C=O) groups excluding carboxylic acids is 1. The number of benzene rings is 1. The number of hydrogen-bond donors (Lipinski definition) is 0. The highest BCUT2D eigenvalue weighted by atomic mass is 16.5. The Bertz CT molecular complexity index is 405. The number of ketones is 1. The molecule has 0 aliphatic heterocycles. The van der Waals surface area contributed by atoms with E-state index >= 15 is 0 Å². The van der Waals surface area contributed by atoms with E-state index in [2.05, 4.69) is 0 Å². The van der Waals surface area contributed by atoms with Crippen LogP contribution < -0.4 is 4.74 Å². The van der Waals surface area contributed by atoms with Gasteiger partial charge in [0.15, 0.2) is 5.78 Å². The van der Waals surface area contributed by atoms with Gasteiger partial charge in [-0.2, -0.15) is 0 Å². The Morgan fingerprint density at radius 3 is 2.69 bits per heavy atom. The molecule has 1 unspecified atom stereocenters. The molecule has 0 spiro atoms. The van der Waals surface area contributed by atoms with Crippen molar-refractivity contribution in [2.24, 2.45) is 11.8 Å². The highest BCUT2D eigenvalue weighted by Gasteiger charge is 2.33. The first-order chi connectivity index (χ1) is 7.63. The van der Waals surface area contributed by atoms with Gasteiger partial charge in [-0.15, -0.1) is 0 Å². The molecule has 86 valence electrons. The predicted octanol–water partition coefficient (Wildman–Crippen LogP) is 3.23. The Hall–Kier alpha value is -1.31. The summed E-state index contributed by atoms with van der Waals surface area (Å²) in [6.07, 6.45) is 2.39. The Balaban J connectivity index is 2.30. The maximum Gasteiger partial charge on any atom is 0.169 e. The lowest BCUT2D eigenvalue weighted by atomic mass is 9.93. The Morgan fingerprint density at radius 2 is 2.12 bits per heavy atom. The number of ether oxygens (including phenoxy) is 1. The van der Waals surface area contributed by atoms with E-state index in [1.165, 1.54) is 12.8 Å². The lowest BCUT2D eigenvalue weighted by Crippen LogP contribution is -2.14. The molecule has 1 aromatic carbocycles. The van der Waals surface area contributed by atoms with Gasteiger partial charge < -0.3 is 4.74 Å². The smallest absolute Gasteiger partial charge is 0.169 e. The van der Waals surface area contributed by atoms with Crippen molar-refractivity contribution in [2.45, 2.75) is 26.7 Å². The standard InChI is InChI=1S/C14H18O2/c1-9-4-7-13(16-3)12(8-9)14(15)10(2)11-5-6-11/h4,7-8,10-11H,5-6H2,1-3H3. The average Bonchev–Trinajstić information content (AvgIpc) is 3.11. The second kappa shape index (κ2) is 4.28. The van der Waals surface area contributed by atoms with Gasteiger partial charge in [-0.3, -0.25) is 4.79 Å². The molecule has 1 aliphatic carbocycles. The van der Waals surface area contributed by atoms with Gasteiger partial charge in [0.25, 0.3) is 0 Å².